The Bertz CT molecular complexity index is 1140. The molecule has 7 nitrogen and oxygen atoms in total. The topological polar surface area (TPSA) is 112 Å². The molecule has 1 N–H and O–H groups in total. The van der Waals surface area contributed by atoms with Crippen LogP contribution < -0.4 is 40.1 Å². The molecule has 3 rings (SSSR count). The van der Waals surface area contributed by atoms with Crippen molar-refractivity contribution in [2.75, 3.05) is 0 Å². The number of fused-ring (bicyclic) bond motifs is 1. The van der Waals surface area contributed by atoms with E-state index < -0.39 is 40.4 Å². The summed E-state index contributed by atoms with van der Waals surface area (Å²) in [5, 5.41) is 20.0. The van der Waals surface area contributed by atoms with E-state index in [1.54, 1.807) is 37.1 Å². The van der Waals surface area contributed by atoms with Crippen LogP contribution in [0.2, 0.25) is 3.93 Å². The van der Waals surface area contributed by atoms with Gasteiger partial charge in [0, 0.05) is 18.4 Å². The van der Waals surface area contributed by atoms with Gasteiger partial charge in [-0.2, -0.15) is 0 Å². The molecule has 0 saturated heterocycles. The average Bonchev–Trinajstić information content (AvgIpc) is 2.72. The molecule has 0 spiro atoms. The number of carboxylic acid groups (broad SMARTS) is 2. The Hall–Kier alpha value is -1.19. The Morgan fingerprint density at radius 1 is 1.16 bits per heavy atom. The number of benzene rings is 1. The van der Waals surface area contributed by atoms with Crippen LogP contribution in [0, 0.1) is 6.92 Å². The minimum Gasteiger partial charge on any atom is 1.00 e. The Balaban J connectivity index is 0.000000311. The van der Waals surface area contributed by atoms with Crippen LogP contribution in [0.5, 0.6) is 0 Å². The van der Waals surface area contributed by atoms with Crippen LogP contribution in [0.15, 0.2) is 52.3 Å². The summed E-state index contributed by atoms with van der Waals surface area (Å²) in [6.45, 7) is 6.43. The van der Waals surface area contributed by atoms with E-state index in [1.165, 1.54) is 10.1 Å². The van der Waals surface area contributed by atoms with Crippen LogP contribution >= 0.6 is 8.24 Å². The molecule has 2 aromatic heterocycles. The fourth-order valence-electron chi connectivity index (χ4n) is 2.73. The van der Waals surface area contributed by atoms with Crippen molar-refractivity contribution < 1.29 is 72.4 Å². The van der Waals surface area contributed by atoms with Crippen LogP contribution in [0.3, 0.4) is 0 Å². The second kappa shape index (κ2) is 13.4. The number of pyridine rings is 2. The van der Waals surface area contributed by atoms with Gasteiger partial charge in [0.1, 0.15) is 11.2 Å². The van der Waals surface area contributed by atoms with Gasteiger partial charge in [0.05, 0.1) is 5.39 Å². The van der Waals surface area contributed by atoms with E-state index in [4.69, 9.17) is 5.11 Å². The van der Waals surface area contributed by atoms with E-state index in [9.17, 15) is 19.5 Å². The standard InChI is InChI=1S/C12H12N2O3.C7H6O2S.C2H5.Hg.Na/c1-3-14-6-9(12(16)17)10(15)8-5-4-7(2)13-11(8)14;8-7(9)5-3-1-2-4-6(5)10;1-2;;/h4-6H,3H2,1-2H3,(H,16,17);1-4,10H,(H,8,9);1H2,2H3;;/q;;;2*+1/p-2. The van der Waals surface area contributed by atoms with Crippen molar-refractivity contribution in [1.82, 2.24) is 9.55 Å². The van der Waals surface area contributed by atoms with E-state index in [1.807, 2.05) is 26.0 Å². The molecule has 0 fully saturated rings. The predicted octanol–water partition coefficient (Wildman–Crippen LogP) is 0.00492. The van der Waals surface area contributed by atoms with Gasteiger partial charge >= 0.3 is 128 Å². The molecule has 1 aromatic carbocycles. The predicted molar refractivity (Wildman–Crippen MR) is 110 cm³/mol. The number of carbonyl (C=O) groups excluding carboxylic acids is 1. The number of aromatic carboxylic acids is 2. The molecule has 154 valence electrons. The summed E-state index contributed by atoms with van der Waals surface area (Å²) in [6.07, 6.45) is 1.35. The fraction of sp³-hybridized carbons (Fsp3) is 0.238. The summed E-state index contributed by atoms with van der Waals surface area (Å²) in [4.78, 5) is 38.7. The second-order valence-electron chi connectivity index (χ2n) is 6.42. The van der Waals surface area contributed by atoms with E-state index in [2.05, 4.69) is 11.9 Å². The van der Waals surface area contributed by atoms with Crippen molar-refractivity contribution >= 4 is 31.2 Å². The van der Waals surface area contributed by atoms with Crippen molar-refractivity contribution in [3.05, 3.63) is 69.6 Å². The maximum atomic E-state index is 11.9. The van der Waals surface area contributed by atoms with Crippen molar-refractivity contribution in [2.45, 2.75) is 36.1 Å². The number of carbonyl (C=O) groups is 2. The SMILES string of the molecule is CCn1cc(C(=O)O)c(=O)c2ccc(C)nc21.C[CH2][Hg][S]c1ccccc1C(=O)[O-].[Na+]. The van der Waals surface area contributed by atoms with Crippen molar-refractivity contribution in [2.24, 2.45) is 0 Å². The van der Waals surface area contributed by atoms with Gasteiger partial charge in [-0.3, -0.25) is 4.79 Å². The summed E-state index contributed by atoms with van der Waals surface area (Å²) in [6, 6.07) is 10.4. The molecule has 0 unspecified atom stereocenters. The maximum absolute atomic E-state index is 11.9. The molecule has 0 bridgehead atoms. The van der Waals surface area contributed by atoms with Crippen LogP contribution in [0.1, 0.15) is 40.3 Å². The number of hydrogen-bond acceptors (Lipinski definition) is 6. The van der Waals surface area contributed by atoms with Crippen LogP contribution in [0.4, 0.5) is 0 Å². The number of carboxylic acids is 2. The maximum Gasteiger partial charge on any atom is 1.00 e. The van der Waals surface area contributed by atoms with Gasteiger partial charge < -0.3 is 9.67 Å². The van der Waals surface area contributed by atoms with Gasteiger partial charge in [0.2, 0.25) is 5.43 Å². The normalized spacial score (nSPS) is 9.77. The van der Waals surface area contributed by atoms with E-state index >= 15 is 0 Å². The Labute approximate surface area is 217 Å². The van der Waals surface area contributed by atoms with E-state index in [0.717, 1.165) is 10.6 Å². The Morgan fingerprint density at radius 2 is 1.84 bits per heavy atom. The summed E-state index contributed by atoms with van der Waals surface area (Å²) in [7, 11) is 1.78. The van der Waals surface area contributed by atoms with Gasteiger partial charge in [0.25, 0.3) is 0 Å². The molecule has 0 saturated carbocycles. The Morgan fingerprint density at radius 3 is 2.42 bits per heavy atom. The van der Waals surface area contributed by atoms with E-state index in [-0.39, 0.29) is 35.1 Å². The fourth-order valence-corrected chi connectivity index (χ4v) is 11.5. The average molecular weight is 637 g/mol. The monoisotopic (exact) mass is 638 g/mol. The first kappa shape index (κ1) is 27.8. The molecule has 0 aliphatic heterocycles. The number of aromatic nitrogens is 2. The largest absolute Gasteiger partial charge is 1.00 e. The van der Waals surface area contributed by atoms with Crippen molar-refractivity contribution in [3.8, 4) is 0 Å². The number of aryl methyl sites for hydroxylation is 2. The molecule has 2 heterocycles. The van der Waals surface area contributed by atoms with Gasteiger partial charge in [-0.15, -0.1) is 0 Å². The van der Waals surface area contributed by atoms with Crippen molar-refractivity contribution in [3.63, 3.8) is 0 Å². The Kier molecular flexibility index (Phi) is 12.0. The minimum absolute atomic E-state index is 0. The smallest absolute Gasteiger partial charge is 1.00 e. The quantitative estimate of drug-likeness (QED) is 0.380. The van der Waals surface area contributed by atoms with Crippen LogP contribution in [-0.2, 0) is 29.6 Å². The minimum atomic E-state index is -1.21. The molecule has 0 amide bonds. The van der Waals surface area contributed by atoms with Crippen LogP contribution in [0.25, 0.3) is 11.0 Å². The zero-order chi connectivity index (χ0) is 22.3. The number of nitrogens with zero attached hydrogens (tertiary/aromatic N) is 2. The van der Waals surface area contributed by atoms with E-state index in [0.29, 0.717) is 23.1 Å². The first-order valence-corrected chi connectivity index (χ1v) is 21.1. The summed E-state index contributed by atoms with van der Waals surface area (Å²) >= 11 is -0.888. The van der Waals surface area contributed by atoms with Gasteiger partial charge in [-0.1, -0.05) is 0 Å². The number of rotatable bonds is 6. The molecular formula is C21H21HgN2NaO5S. The molecule has 31 heavy (non-hydrogen) atoms. The van der Waals surface area contributed by atoms with Gasteiger partial charge in [-0.25, -0.2) is 9.78 Å². The first-order valence-electron chi connectivity index (χ1n) is 9.47. The third-order valence-electron chi connectivity index (χ3n) is 4.20. The third-order valence-corrected chi connectivity index (χ3v) is 16.2. The summed E-state index contributed by atoms with van der Waals surface area (Å²) in [5.41, 5.74) is 0.973. The molecular weight excluding hydrogens is 616 g/mol. The molecule has 3 aromatic rings. The molecule has 0 atom stereocenters. The molecule has 0 aliphatic rings. The molecule has 10 heteroatoms. The summed E-state index contributed by atoms with van der Waals surface area (Å²) < 4.78 is 2.93. The second-order valence-corrected chi connectivity index (χ2v) is 19.6. The zero-order valence-corrected chi connectivity index (χ0v) is 26.4. The van der Waals surface area contributed by atoms with Crippen molar-refractivity contribution in [1.29, 1.82) is 0 Å². The zero-order valence-electron chi connectivity index (χ0n) is 18.0. The number of hydrogen-bond donors (Lipinski definition) is 1. The third kappa shape index (κ3) is 7.42. The van der Waals surface area contributed by atoms with Gasteiger partial charge in [-0.05, 0) is 26.0 Å². The van der Waals surface area contributed by atoms with Gasteiger partial charge in [0.15, 0.2) is 0 Å². The molecule has 0 radical (unpaired) electrons. The molecule has 0 aliphatic carbocycles. The first-order chi connectivity index (χ1) is 14.3. The summed E-state index contributed by atoms with van der Waals surface area (Å²) in [5.74, 6) is -2.27. The van der Waals surface area contributed by atoms with Crippen LogP contribution in [-0.4, -0.2) is 26.6 Å².